The molecule has 0 saturated carbocycles. The Balaban J connectivity index is 1.96. The Morgan fingerprint density at radius 2 is 2.12 bits per heavy atom. The van der Waals surface area contributed by atoms with Crippen LogP contribution in [0.2, 0.25) is 0 Å². The van der Waals surface area contributed by atoms with Crippen LogP contribution in [0.1, 0.15) is 13.3 Å². The first-order valence-electron chi connectivity index (χ1n) is 6.08. The van der Waals surface area contributed by atoms with E-state index in [1.807, 2.05) is 6.07 Å². The van der Waals surface area contributed by atoms with Crippen molar-refractivity contribution in [2.75, 3.05) is 31.6 Å². The second kappa shape index (κ2) is 5.98. The van der Waals surface area contributed by atoms with Crippen LogP contribution in [-0.4, -0.2) is 31.7 Å². The molecule has 92 valence electrons. The second-order valence-corrected chi connectivity index (χ2v) is 5.14. The van der Waals surface area contributed by atoms with Crippen LogP contribution in [0.4, 0.5) is 5.13 Å². The van der Waals surface area contributed by atoms with Crippen LogP contribution in [0, 0.1) is 0 Å². The number of para-hydroxylation sites is 1. The first-order chi connectivity index (χ1) is 8.31. The molecule has 0 aliphatic heterocycles. The number of fused-ring (bicyclic) bond motifs is 1. The van der Waals surface area contributed by atoms with Gasteiger partial charge in [0.2, 0.25) is 0 Å². The lowest BCUT2D eigenvalue weighted by molar-refractivity contribution is 0.666. The number of benzene rings is 1. The topological polar surface area (TPSA) is 28.2 Å². The summed E-state index contributed by atoms with van der Waals surface area (Å²) >= 11 is 1.76. The molecule has 0 atom stereocenters. The van der Waals surface area contributed by atoms with Gasteiger partial charge in [0, 0.05) is 20.1 Å². The molecular formula is C13H19N3S. The molecule has 1 aromatic heterocycles. The average molecular weight is 249 g/mol. The van der Waals surface area contributed by atoms with E-state index >= 15 is 0 Å². The summed E-state index contributed by atoms with van der Waals surface area (Å²) in [5, 5.41) is 4.51. The molecule has 0 aliphatic rings. The maximum absolute atomic E-state index is 4.63. The Hall–Kier alpha value is -1.13. The number of hydrogen-bond acceptors (Lipinski definition) is 4. The summed E-state index contributed by atoms with van der Waals surface area (Å²) in [7, 11) is 2.10. The summed E-state index contributed by atoms with van der Waals surface area (Å²) in [5.74, 6) is 0. The fourth-order valence-electron chi connectivity index (χ4n) is 1.67. The van der Waals surface area contributed by atoms with Crippen LogP contribution in [0.25, 0.3) is 10.2 Å². The van der Waals surface area contributed by atoms with Crippen molar-refractivity contribution in [2.45, 2.75) is 13.3 Å². The summed E-state index contributed by atoms with van der Waals surface area (Å²) in [6.07, 6.45) is 1.19. The van der Waals surface area contributed by atoms with Crippen LogP contribution >= 0.6 is 11.3 Å². The largest absolute Gasteiger partial charge is 0.350 e. The zero-order valence-electron chi connectivity index (χ0n) is 10.4. The number of nitrogens with one attached hydrogen (secondary N) is 1. The van der Waals surface area contributed by atoms with Gasteiger partial charge in [0.15, 0.2) is 5.13 Å². The van der Waals surface area contributed by atoms with Crippen LogP contribution in [0.5, 0.6) is 0 Å². The fraction of sp³-hybridized carbons (Fsp3) is 0.462. The summed E-state index contributed by atoms with van der Waals surface area (Å²) in [4.78, 5) is 6.84. The van der Waals surface area contributed by atoms with E-state index in [0.29, 0.717) is 0 Å². The molecule has 2 aromatic rings. The van der Waals surface area contributed by atoms with E-state index in [9.17, 15) is 0 Å². The van der Waals surface area contributed by atoms with E-state index in [-0.39, 0.29) is 0 Å². The predicted molar refractivity (Wildman–Crippen MR) is 76.1 cm³/mol. The molecule has 0 radical (unpaired) electrons. The quantitative estimate of drug-likeness (QED) is 0.798. The van der Waals surface area contributed by atoms with Crippen molar-refractivity contribution in [3.05, 3.63) is 24.3 Å². The summed E-state index contributed by atoms with van der Waals surface area (Å²) < 4.78 is 1.26. The minimum atomic E-state index is 1.000. The highest BCUT2D eigenvalue weighted by molar-refractivity contribution is 7.22. The van der Waals surface area contributed by atoms with Gasteiger partial charge < -0.3 is 10.2 Å². The smallest absolute Gasteiger partial charge is 0.186 e. The Morgan fingerprint density at radius 1 is 1.29 bits per heavy atom. The maximum atomic E-state index is 4.63. The molecule has 1 N–H and O–H groups in total. The van der Waals surface area contributed by atoms with Gasteiger partial charge in [0.1, 0.15) is 0 Å². The zero-order valence-corrected chi connectivity index (χ0v) is 11.3. The third kappa shape index (κ3) is 3.17. The number of thiazole rings is 1. The summed E-state index contributed by atoms with van der Waals surface area (Å²) in [5.41, 5.74) is 1.10. The minimum absolute atomic E-state index is 1.000. The lowest BCUT2D eigenvalue weighted by atomic mass is 10.3. The minimum Gasteiger partial charge on any atom is -0.350 e. The van der Waals surface area contributed by atoms with Gasteiger partial charge in [-0.1, -0.05) is 30.4 Å². The van der Waals surface area contributed by atoms with Gasteiger partial charge in [-0.2, -0.15) is 0 Å². The highest BCUT2D eigenvalue weighted by atomic mass is 32.1. The van der Waals surface area contributed by atoms with Gasteiger partial charge in [-0.05, 0) is 25.1 Å². The lowest BCUT2D eigenvalue weighted by Crippen LogP contribution is -2.29. The lowest BCUT2D eigenvalue weighted by Gasteiger charge is -2.15. The SMILES string of the molecule is CCCNCCN(C)c1nc2ccccc2s1. The summed E-state index contributed by atoms with van der Waals surface area (Å²) in [6.45, 7) is 5.29. The second-order valence-electron chi connectivity index (χ2n) is 4.14. The average Bonchev–Trinajstić information content (AvgIpc) is 2.78. The Kier molecular flexibility index (Phi) is 4.34. The number of hydrogen-bond donors (Lipinski definition) is 1. The van der Waals surface area contributed by atoms with E-state index in [1.165, 1.54) is 11.1 Å². The number of aromatic nitrogens is 1. The number of anilines is 1. The van der Waals surface area contributed by atoms with E-state index in [0.717, 1.165) is 30.3 Å². The Morgan fingerprint density at radius 3 is 2.88 bits per heavy atom. The van der Waals surface area contributed by atoms with Gasteiger partial charge in [-0.15, -0.1) is 0 Å². The standard InChI is InChI=1S/C13H19N3S/c1-3-8-14-9-10-16(2)13-15-11-6-4-5-7-12(11)17-13/h4-7,14H,3,8-10H2,1-2H3. The van der Waals surface area contributed by atoms with E-state index in [1.54, 1.807) is 11.3 Å². The van der Waals surface area contributed by atoms with E-state index in [2.05, 4.69) is 47.4 Å². The first kappa shape index (κ1) is 12.3. The molecule has 1 heterocycles. The van der Waals surface area contributed by atoms with Crippen molar-refractivity contribution in [3.63, 3.8) is 0 Å². The zero-order chi connectivity index (χ0) is 12.1. The molecule has 2 rings (SSSR count). The molecule has 0 amide bonds. The molecular weight excluding hydrogens is 230 g/mol. The molecule has 0 unspecified atom stereocenters. The number of nitrogens with zero attached hydrogens (tertiary/aromatic N) is 2. The Labute approximate surface area is 106 Å². The Bertz CT molecular complexity index is 433. The number of likely N-dealkylation sites (N-methyl/N-ethyl adjacent to an activating group) is 1. The van der Waals surface area contributed by atoms with Crippen molar-refractivity contribution < 1.29 is 0 Å². The van der Waals surface area contributed by atoms with Crippen LogP contribution < -0.4 is 10.2 Å². The van der Waals surface area contributed by atoms with Crippen molar-refractivity contribution in [2.24, 2.45) is 0 Å². The van der Waals surface area contributed by atoms with Crippen LogP contribution in [-0.2, 0) is 0 Å². The third-order valence-corrected chi connectivity index (χ3v) is 3.81. The van der Waals surface area contributed by atoms with Gasteiger partial charge in [-0.25, -0.2) is 4.98 Å². The van der Waals surface area contributed by atoms with Gasteiger partial charge >= 0.3 is 0 Å². The van der Waals surface area contributed by atoms with Gasteiger partial charge in [-0.3, -0.25) is 0 Å². The molecule has 0 bridgehead atoms. The first-order valence-corrected chi connectivity index (χ1v) is 6.90. The molecule has 0 saturated heterocycles. The highest BCUT2D eigenvalue weighted by Crippen LogP contribution is 2.27. The molecule has 0 spiro atoms. The monoisotopic (exact) mass is 249 g/mol. The normalized spacial score (nSPS) is 10.9. The van der Waals surface area contributed by atoms with Gasteiger partial charge in [0.25, 0.3) is 0 Å². The van der Waals surface area contributed by atoms with E-state index in [4.69, 9.17) is 0 Å². The molecule has 0 fully saturated rings. The van der Waals surface area contributed by atoms with Crippen molar-refractivity contribution in [1.82, 2.24) is 10.3 Å². The van der Waals surface area contributed by atoms with Crippen LogP contribution in [0.15, 0.2) is 24.3 Å². The van der Waals surface area contributed by atoms with Crippen LogP contribution in [0.3, 0.4) is 0 Å². The highest BCUT2D eigenvalue weighted by Gasteiger charge is 2.06. The molecule has 1 aromatic carbocycles. The fourth-order valence-corrected chi connectivity index (χ4v) is 2.62. The predicted octanol–water partition coefficient (Wildman–Crippen LogP) is 2.73. The van der Waals surface area contributed by atoms with Crippen molar-refractivity contribution >= 4 is 26.7 Å². The molecule has 0 aliphatic carbocycles. The molecule has 17 heavy (non-hydrogen) atoms. The van der Waals surface area contributed by atoms with Crippen molar-refractivity contribution in [3.8, 4) is 0 Å². The third-order valence-electron chi connectivity index (χ3n) is 2.66. The molecule has 3 nitrogen and oxygen atoms in total. The maximum Gasteiger partial charge on any atom is 0.186 e. The number of rotatable bonds is 6. The molecule has 4 heteroatoms. The van der Waals surface area contributed by atoms with E-state index < -0.39 is 0 Å². The van der Waals surface area contributed by atoms with Gasteiger partial charge in [0.05, 0.1) is 10.2 Å². The summed E-state index contributed by atoms with van der Waals surface area (Å²) in [6, 6.07) is 8.29. The van der Waals surface area contributed by atoms with Crippen molar-refractivity contribution in [1.29, 1.82) is 0 Å².